The maximum absolute atomic E-state index is 13.1. The molecule has 1 aliphatic heterocycles. The Balaban J connectivity index is 1.62. The molecule has 27 heavy (non-hydrogen) atoms. The van der Waals surface area contributed by atoms with E-state index in [0.717, 1.165) is 36.7 Å². The number of rotatable bonds is 4. The van der Waals surface area contributed by atoms with Crippen LogP contribution in [0.1, 0.15) is 47.9 Å². The van der Waals surface area contributed by atoms with Gasteiger partial charge in [0.05, 0.1) is 23.2 Å². The first-order chi connectivity index (χ1) is 12.9. The van der Waals surface area contributed by atoms with E-state index >= 15 is 0 Å². The molecule has 0 bridgehead atoms. The number of carbonyl (C=O) groups is 1. The fourth-order valence-electron chi connectivity index (χ4n) is 3.93. The molecule has 0 radical (unpaired) electrons. The highest BCUT2D eigenvalue weighted by molar-refractivity contribution is 5.84. The smallest absolute Gasteiger partial charge is 0.230 e. The van der Waals surface area contributed by atoms with Gasteiger partial charge in [-0.3, -0.25) is 9.69 Å². The minimum absolute atomic E-state index is 0.134. The average molecular weight is 366 g/mol. The number of aryl methyl sites for hydroxylation is 2. The lowest BCUT2D eigenvalue weighted by atomic mass is 9.96. The Bertz CT molecular complexity index is 831. The molecular formula is C21H26N4O2. The van der Waals surface area contributed by atoms with Crippen molar-refractivity contribution in [3.05, 3.63) is 52.4 Å². The van der Waals surface area contributed by atoms with Gasteiger partial charge in [0.1, 0.15) is 5.76 Å². The summed E-state index contributed by atoms with van der Waals surface area (Å²) in [7, 11) is 0. The van der Waals surface area contributed by atoms with Crippen molar-refractivity contribution in [3.63, 3.8) is 0 Å². The van der Waals surface area contributed by atoms with Gasteiger partial charge in [0, 0.05) is 37.8 Å². The van der Waals surface area contributed by atoms with Crippen LogP contribution >= 0.6 is 0 Å². The van der Waals surface area contributed by atoms with Crippen molar-refractivity contribution in [2.24, 2.45) is 0 Å². The molecular weight excluding hydrogens is 340 g/mol. The third-order valence-corrected chi connectivity index (χ3v) is 5.38. The van der Waals surface area contributed by atoms with Crippen LogP contribution in [0.3, 0.4) is 0 Å². The lowest BCUT2D eigenvalue weighted by Crippen LogP contribution is -2.54. The molecule has 0 spiro atoms. The van der Waals surface area contributed by atoms with E-state index in [1.54, 1.807) is 0 Å². The standard InChI is InChI=1S/C21H26N4O2/c1-14-12-24(13-19-7-5-18(11-22)6-8-19)9-10-25(14)21(26)15(2)20-16(3)23-27-17(20)4/h5-8,14-15H,9-10,12-13H2,1-4H3/t14-,15+/m0/s1. The van der Waals surface area contributed by atoms with E-state index in [1.165, 1.54) is 5.56 Å². The third-order valence-electron chi connectivity index (χ3n) is 5.38. The highest BCUT2D eigenvalue weighted by Gasteiger charge is 2.32. The summed E-state index contributed by atoms with van der Waals surface area (Å²) < 4.78 is 5.23. The van der Waals surface area contributed by atoms with E-state index in [1.807, 2.05) is 49.9 Å². The van der Waals surface area contributed by atoms with Gasteiger partial charge in [-0.2, -0.15) is 5.26 Å². The van der Waals surface area contributed by atoms with E-state index in [-0.39, 0.29) is 17.9 Å². The molecule has 2 aromatic rings. The number of hydrogen-bond donors (Lipinski definition) is 0. The van der Waals surface area contributed by atoms with Gasteiger partial charge in [-0.1, -0.05) is 17.3 Å². The maximum atomic E-state index is 13.1. The summed E-state index contributed by atoms with van der Waals surface area (Å²) in [6.45, 7) is 11.0. The summed E-state index contributed by atoms with van der Waals surface area (Å²) in [4.78, 5) is 17.4. The van der Waals surface area contributed by atoms with Crippen LogP contribution in [0.25, 0.3) is 0 Å². The van der Waals surface area contributed by atoms with Crippen LogP contribution < -0.4 is 0 Å². The first-order valence-electron chi connectivity index (χ1n) is 9.35. The molecule has 1 aromatic carbocycles. The lowest BCUT2D eigenvalue weighted by molar-refractivity contribution is -0.137. The molecule has 0 unspecified atom stereocenters. The van der Waals surface area contributed by atoms with Crippen LogP contribution in [0.5, 0.6) is 0 Å². The molecule has 0 saturated carbocycles. The van der Waals surface area contributed by atoms with E-state index in [2.05, 4.69) is 23.0 Å². The van der Waals surface area contributed by atoms with Gasteiger partial charge in [0.2, 0.25) is 5.91 Å². The zero-order valence-electron chi connectivity index (χ0n) is 16.4. The van der Waals surface area contributed by atoms with Crippen LogP contribution in [-0.2, 0) is 11.3 Å². The quantitative estimate of drug-likeness (QED) is 0.832. The van der Waals surface area contributed by atoms with Crippen molar-refractivity contribution in [3.8, 4) is 6.07 Å². The van der Waals surface area contributed by atoms with Crippen molar-refractivity contribution in [2.45, 2.75) is 46.2 Å². The average Bonchev–Trinajstić information content (AvgIpc) is 3.00. The number of nitriles is 1. The Morgan fingerprint density at radius 2 is 2.04 bits per heavy atom. The number of benzene rings is 1. The zero-order chi connectivity index (χ0) is 19.6. The van der Waals surface area contributed by atoms with Crippen molar-refractivity contribution < 1.29 is 9.32 Å². The minimum Gasteiger partial charge on any atom is -0.361 e. The molecule has 1 fully saturated rings. The summed E-state index contributed by atoms with van der Waals surface area (Å²) in [5.41, 5.74) is 3.56. The van der Waals surface area contributed by atoms with Crippen molar-refractivity contribution >= 4 is 5.91 Å². The monoisotopic (exact) mass is 366 g/mol. The van der Waals surface area contributed by atoms with Crippen LogP contribution in [0.2, 0.25) is 0 Å². The predicted octanol–water partition coefficient (Wildman–Crippen LogP) is 3.00. The molecule has 142 valence electrons. The van der Waals surface area contributed by atoms with E-state index < -0.39 is 0 Å². The summed E-state index contributed by atoms with van der Waals surface area (Å²) in [5.74, 6) is 0.610. The number of aromatic nitrogens is 1. The van der Waals surface area contributed by atoms with Gasteiger partial charge >= 0.3 is 0 Å². The summed E-state index contributed by atoms with van der Waals surface area (Å²) in [6.07, 6.45) is 0. The van der Waals surface area contributed by atoms with E-state index in [0.29, 0.717) is 12.1 Å². The topological polar surface area (TPSA) is 73.4 Å². The number of nitrogens with zero attached hydrogens (tertiary/aromatic N) is 4. The Hall–Kier alpha value is -2.65. The van der Waals surface area contributed by atoms with Gasteiger partial charge in [0.25, 0.3) is 0 Å². The lowest BCUT2D eigenvalue weighted by Gasteiger charge is -2.41. The molecule has 1 aromatic heterocycles. The first kappa shape index (κ1) is 19.1. The van der Waals surface area contributed by atoms with Gasteiger partial charge in [-0.05, 0) is 45.4 Å². The molecule has 6 heteroatoms. The molecule has 2 heterocycles. The summed E-state index contributed by atoms with van der Waals surface area (Å²) in [5, 5.41) is 12.9. The molecule has 0 aliphatic carbocycles. The van der Waals surface area contributed by atoms with Crippen molar-refractivity contribution in [1.82, 2.24) is 15.0 Å². The van der Waals surface area contributed by atoms with Crippen LogP contribution in [0.15, 0.2) is 28.8 Å². The van der Waals surface area contributed by atoms with Gasteiger partial charge in [0.15, 0.2) is 0 Å². The molecule has 1 saturated heterocycles. The third kappa shape index (κ3) is 4.04. The highest BCUT2D eigenvalue weighted by Crippen LogP contribution is 2.26. The Kier molecular flexibility index (Phi) is 5.62. The summed E-state index contributed by atoms with van der Waals surface area (Å²) >= 11 is 0. The number of carbonyl (C=O) groups excluding carboxylic acids is 1. The van der Waals surface area contributed by atoms with Crippen molar-refractivity contribution in [1.29, 1.82) is 5.26 Å². The van der Waals surface area contributed by atoms with Crippen LogP contribution in [0.4, 0.5) is 0 Å². The molecule has 0 N–H and O–H groups in total. The number of hydrogen-bond acceptors (Lipinski definition) is 5. The predicted molar refractivity (Wildman–Crippen MR) is 102 cm³/mol. The Morgan fingerprint density at radius 3 is 2.59 bits per heavy atom. The Labute approximate surface area is 160 Å². The fourth-order valence-corrected chi connectivity index (χ4v) is 3.93. The van der Waals surface area contributed by atoms with Crippen LogP contribution in [0, 0.1) is 25.2 Å². The molecule has 6 nitrogen and oxygen atoms in total. The van der Waals surface area contributed by atoms with Crippen LogP contribution in [-0.4, -0.2) is 46.5 Å². The van der Waals surface area contributed by atoms with Crippen molar-refractivity contribution in [2.75, 3.05) is 19.6 Å². The number of piperazine rings is 1. The van der Waals surface area contributed by atoms with Gasteiger partial charge in [-0.25, -0.2) is 0 Å². The largest absolute Gasteiger partial charge is 0.361 e. The second-order valence-electron chi connectivity index (χ2n) is 7.38. The van der Waals surface area contributed by atoms with Gasteiger partial charge in [-0.15, -0.1) is 0 Å². The maximum Gasteiger partial charge on any atom is 0.230 e. The molecule has 3 rings (SSSR count). The SMILES string of the molecule is Cc1noc(C)c1[C@@H](C)C(=O)N1CCN(Cc2ccc(C#N)cc2)C[C@@H]1C. The molecule has 2 atom stereocenters. The first-order valence-corrected chi connectivity index (χ1v) is 9.35. The normalized spacial score (nSPS) is 18.9. The summed E-state index contributed by atoms with van der Waals surface area (Å²) in [6, 6.07) is 9.99. The van der Waals surface area contributed by atoms with E-state index in [4.69, 9.17) is 9.78 Å². The minimum atomic E-state index is -0.247. The van der Waals surface area contributed by atoms with E-state index in [9.17, 15) is 4.79 Å². The number of amides is 1. The van der Waals surface area contributed by atoms with Gasteiger partial charge < -0.3 is 9.42 Å². The molecule has 1 aliphatic rings. The fraction of sp³-hybridized carbons (Fsp3) is 0.476. The second kappa shape index (κ2) is 7.93. The Morgan fingerprint density at radius 1 is 1.33 bits per heavy atom. The molecule has 1 amide bonds. The zero-order valence-corrected chi connectivity index (χ0v) is 16.4. The second-order valence-corrected chi connectivity index (χ2v) is 7.38. The highest BCUT2D eigenvalue weighted by atomic mass is 16.5.